The van der Waals surface area contributed by atoms with Crippen molar-refractivity contribution in [3.05, 3.63) is 40.0 Å². The van der Waals surface area contributed by atoms with Crippen molar-refractivity contribution < 1.29 is 9.53 Å². The molecule has 0 spiro atoms. The fourth-order valence-corrected chi connectivity index (χ4v) is 3.89. The van der Waals surface area contributed by atoms with Crippen molar-refractivity contribution in [1.29, 1.82) is 0 Å². The quantitative estimate of drug-likeness (QED) is 0.255. The van der Waals surface area contributed by atoms with Gasteiger partial charge in [-0.05, 0) is 18.2 Å². The monoisotopic (exact) mass is 482 g/mol. The van der Waals surface area contributed by atoms with Gasteiger partial charge in [0.2, 0.25) is 0 Å². The van der Waals surface area contributed by atoms with Gasteiger partial charge in [0.05, 0.1) is 35.3 Å². The smallest absolute Gasteiger partial charge is 0.252 e. The van der Waals surface area contributed by atoms with Crippen LogP contribution in [0.15, 0.2) is 29.6 Å². The van der Waals surface area contributed by atoms with Crippen LogP contribution >= 0.6 is 35.0 Å². The van der Waals surface area contributed by atoms with Gasteiger partial charge in [-0.25, -0.2) is 14.6 Å². The Morgan fingerprint density at radius 1 is 1.26 bits per heavy atom. The molecule has 3 aromatic rings. The number of nitrogens with one attached hydrogen (secondary N) is 2. The van der Waals surface area contributed by atoms with Crippen molar-refractivity contribution in [2.24, 2.45) is 0 Å². The van der Waals surface area contributed by atoms with Crippen LogP contribution in [-0.4, -0.2) is 57.7 Å². The molecule has 8 nitrogen and oxygen atoms in total. The van der Waals surface area contributed by atoms with Gasteiger partial charge in [-0.15, -0.1) is 0 Å². The molecule has 0 atom stereocenters. The van der Waals surface area contributed by atoms with Crippen LogP contribution in [0.3, 0.4) is 0 Å². The molecule has 0 unspecified atom stereocenters. The number of benzene rings is 1. The minimum atomic E-state index is -0.295. The largest absolute Gasteiger partial charge is 0.383 e. The highest BCUT2D eigenvalue weighted by molar-refractivity contribution is 7.99. The molecule has 0 saturated heterocycles. The molecule has 1 amide bonds. The van der Waals surface area contributed by atoms with E-state index in [2.05, 4.69) is 39.5 Å². The second kappa shape index (κ2) is 11.0. The van der Waals surface area contributed by atoms with Gasteiger partial charge in [0.25, 0.3) is 5.91 Å². The third-order valence-corrected chi connectivity index (χ3v) is 5.63. The van der Waals surface area contributed by atoms with Crippen LogP contribution in [0, 0.1) is 0 Å². The topological polar surface area (TPSA) is 94.0 Å². The molecular formula is C20H24Cl2N6O2S. The van der Waals surface area contributed by atoms with Crippen LogP contribution in [0.5, 0.6) is 0 Å². The van der Waals surface area contributed by atoms with Crippen LogP contribution in [0.25, 0.3) is 11.0 Å². The summed E-state index contributed by atoms with van der Waals surface area (Å²) in [6.07, 6.45) is 1.73. The Bertz CT molecular complexity index is 1060. The van der Waals surface area contributed by atoms with Gasteiger partial charge in [0, 0.05) is 30.5 Å². The molecule has 0 radical (unpaired) electrons. The molecule has 166 valence electrons. The fraction of sp³-hybridized carbons (Fsp3) is 0.400. The second-order valence-corrected chi connectivity index (χ2v) is 9.31. The molecule has 2 N–H and O–H groups in total. The van der Waals surface area contributed by atoms with Crippen molar-refractivity contribution in [3.63, 3.8) is 0 Å². The second-order valence-electron chi connectivity index (χ2n) is 6.93. The Hall–Kier alpha value is -2.07. The first-order valence-corrected chi connectivity index (χ1v) is 11.4. The highest BCUT2D eigenvalue weighted by Gasteiger charge is 2.15. The first-order valence-electron chi connectivity index (χ1n) is 9.75. The summed E-state index contributed by atoms with van der Waals surface area (Å²) in [4.78, 5) is 21.8. The molecule has 1 aromatic carbocycles. The van der Waals surface area contributed by atoms with Gasteiger partial charge < -0.3 is 15.4 Å². The number of fused-ring (bicyclic) bond motifs is 1. The Labute approximate surface area is 195 Å². The van der Waals surface area contributed by atoms with E-state index in [9.17, 15) is 4.79 Å². The number of thioether (sulfide) groups is 1. The normalized spacial score (nSPS) is 11.3. The number of ether oxygens (including phenoxy) is 1. The Kier molecular flexibility index (Phi) is 8.36. The van der Waals surface area contributed by atoms with E-state index < -0.39 is 0 Å². The molecule has 0 aliphatic heterocycles. The summed E-state index contributed by atoms with van der Waals surface area (Å²) < 4.78 is 6.87. The first kappa shape index (κ1) is 23.6. The predicted molar refractivity (Wildman–Crippen MR) is 125 cm³/mol. The number of hydrogen-bond donors (Lipinski definition) is 2. The van der Waals surface area contributed by atoms with Crippen LogP contribution in [0.4, 0.5) is 5.82 Å². The average Bonchev–Trinajstić information content (AvgIpc) is 3.12. The Balaban J connectivity index is 1.76. The van der Waals surface area contributed by atoms with Crippen molar-refractivity contribution in [2.75, 3.05) is 32.1 Å². The summed E-state index contributed by atoms with van der Waals surface area (Å²) >= 11 is 13.6. The number of methoxy groups -OCH3 is 1. The van der Waals surface area contributed by atoms with Gasteiger partial charge in [-0.2, -0.15) is 5.10 Å². The van der Waals surface area contributed by atoms with E-state index in [0.717, 1.165) is 5.39 Å². The molecule has 0 aliphatic rings. The lowest BCUT2D eigenvalue weighted by molar-refractivity contribution is 0.0952. The highest BCUT2D eigenvalue weighted by atomic mass is 35.5. The maximum Gasteiger partial charge on any atom is 0.252 e. The highest BCUT2D eigenvalue weighted by Crippen LogP contribution is 2.26. The van der Waals surface area contributed by atoms with E-state index in [1.165, 1.54) is 0 Å². The molecule has 0 fully saturated rings. The van der Waals surface area contributed by atoms with Crippen molar-refractivity contribution in [2.45, 2.75) is 30.8 Å². The van der Waals surface area contributed by atoms with Crippen LogP contribution in [0.2, 0.25) is 10.0 Å². The number of carbonyl (C=O) groups is 1. The first-order chi connectivity index (χ1) is 14.9. The zero-order valence-electron chi connectivity index (χ0n) is 17.5. The number of anilines is 1. The Morgan fingerprint density at radius 2 is 2.06 bits per heavy atom. The number of hydrogen-bond acceptors (Lipinski definition) is 7. The van der Waals surface area contributed by atoms with Crippen molar-refractivity contribution in [1.82, 2.24) is 25.1 Å². The SMILES string of the molecule is COCCNc1nc(SC(C)C)nc2c1cnn2CCNC(=O)c1cc(Cl)ccc1Cl. The summed E-state index contributed by atoms with van der Waals surface area (Å²) in [7, 11) is 1.65. The van der Waals surface area contributed by atoms with Gasteiger partial charge in [0.1, 0.15) is 5.82 Å². The van der Waals surface area contributed by atoms with Crippen LogP contribution in [-0.2, 0) is 11.3 Å². The lowest BCUT2D eigenvalue weighted by Crippen LogP contribution is -2.27. The lowest BCUT2D eigenvalue weighted by atomic mass is 10.2. The summed E-state index contributed by atoms with van der Waals surface area (Å²) in [5, 5.41) is 13.2. The number of halogens is 2. The number of carbonyl (C=O) groups excluding carboxylic acids is 1. The third-order valence-electron chi connectivity index (χ3n) is 4.20. The van der Waals surface area contributed by atoms with E-state index >= 15 is 0 Å². The molecule has 3 rings (SSSR count). The standard InChI is InChI=1S/C20H24Cl2N6O2S/c1-12(2)31-20-26-17(23-7-9-30-3)15-11-25-28(18(15)27-20)8-6-24-19(29)14-10-13(21)4-5-16(14)22/h4-5,10-12H,6-9H2,1-3H3,(H,24,29)(H,23,26,27). The summed E-state index contributed by atoms with van der Waals surface area (Å²) in [5.41, 5.74) is 1.04. The van der Waals surface area contributed by atoms with Crippen LogP contribution in [0.1, 0.15) is 24.2 Å². The predicted octanol–water partition coefficient (Wildman–Crippen LogP) is 4.12. The lowest BCUT2D eigenvalue weighted by Gasteiger charge is -2.11. The summed E-state index contributed by atoms with van der Waals surface area (Å²) in [5.74, 6) is 0.419. The maximum atomic E-state index is 12.5. The zero-order chi connectivity index (χ0) is 22.4. The molecular weight excluding hydrogens is 459 g/mol. The molecule has 2 aromatic heterocycles. The van der Waals surface area contributed by atoms with E-state index in [4.69, 9.17) is 27.9 Å². The third kappa shape index (κ3) is 6.22. The minimum absolute atomic E-state index is 0.295. The summed E-state index contributed by atoms with van der Waals surface area (Å²) in [6.45, 7) is 6.14. The van der Waals surface area contributed by atoms with Crippen molar-refractivity contribution in [3.8, 4) is 0 Å². The minimum Gasteiger partial charge on any atom is -0.383 e. The molecule has 0 bridgehead atoms. The zero-order valence-corrected chi connectivity index (χ0v) is 19.8. The number of amides is 1. The van der Waals surface area contributed by atoms with E-state index in [1.54, 1.807) is 47.9 Å². The van der Waals surface area contributed by atoms with Gasteiger partial charge in [-0.3, -0.25) is 4.79 Å². The van der Waals surface area contributed by atoms with E-state index in [-0.39, 0.29) is 5.91 Å². The fourth-order valence-electron chi connectivity index (χ4n) is 2.81. The molecule has 11 heteroatoms. The number of nitrogens with zero attached hydrogens (tertiary/aromatic N) is 4. The van der Waals surface area contributed by atoms with Gasteiger partial charge >= 0.3 is 0 Å². The van der Waals surface area contributed by atoms with Gasteiger partial charge in [0.15, 0.2) is 10.8 Å². The average molecular weight is 483 g/mol. The van der Waals surface area contributed by atoms with Crippen molar-refractivity contribution >= 4 is 57.7 Å². The molecule has 2 heterocycles. The maximum absolute atomic E-state index is 12.5. The van der Waals surface area contributed by atoms with Gasteiger partial charge in [-0.1, -0.05) is 48.8 Å². The van der Waals surface area contributed by atoms with Crippen LogP contribution < -0.4 is 10.6 Å². The summed E-state index contributed by atoms with van der Waals surface area (Å²) in [6, 6.07) is 4.78. The molecule has 0 saturated carbocycles. The molecule has 31 heavy (non-hydrogen) atoms. The molecule has 0 aliphatic carbocycles. The number of aromatic nitrogens is 4. The Morgan fingerprint density at radius 3 is 2.81 bits per heavy atom. The van der Waals surface area contributed by atoms with E-state index in [0.29, 0.717) is 63.7 Å². The number of rotatable bonds is 10. The van der Waals surface area contributed by atoms with E-state index in [1.807, 2.05) is 0 Å².